The van der Waals surface area contributed by atoms with E-state index >= 15 is 0 Å². The van der Waals surface area contributed by atoms with Crippen LogP contribution < -0.4 is 5.73 Å². The molecule has 1 aliphatic rings. The first-order valence-corrected chi connectivity index (χ1v) is 5.60. The van der Waals surface area contributed by atoms with Crippen molar-refractivity contribution in [3.63, 3.8) is 0 Å². The van der Waals surface area contributed by atoms with Crippen LogP contribution in [0.1, 0.15) is 32.6 Å². The van der Waals surface area contributed by atoms with Gasteiger partial charge in [0.15, 0.2) is 0 Å². The second-order valence-corrected chi connectivity index (χ2v) is 4.26. The van der Waals surface area contributed by atoms with Crippen molar-refractivity contribution in [2.24, 2.45) is 11.7 Å². The standard InChI is InChI=1S/C11H23NO2/c1-9(13-2)5-6-11(12)10-4-3-7-14-8-10/h9-11H,3-8,12H2,1-2H3. The molecule has 3 nitrogen and oxygen atoms in total. The van der Waals surface area contributed by atoms with Crippen LogP contribution in [0.2, 0.25) is 0 Å². The highest BCUT2D eigenvalue weighted by Gasteiger charge is 2.21. The summed E-state index contributed by atoms with van der Waals surface area (Å²) in [4.78, 5) is 0. The molecule has 1 fully saturated rings. The molecule has 0 aromatic rings. The quantitative estimate of drug-likeness (QED) is 0.734. The number of rotatable bonds is 5. The van der Waals surface area contributed by atoms with Gasteiger partial charge in [-0.2, -0.15) is 0 Å². The average Bonchev–Trinajstić information content (AvgIpc) is 2.26. The maximum Gasteiger partial charge on any atom is 0.0543 e. The highest BCUT2D eigenvalue weighted by atomic mass is 16.5. The van der Waals surface area contributed by atoms with Crippen molar-refractivity contribution >= 4 is 0 Å². The molecule has 0 aliphatic carbocycles. The molecule has 2 N–H and O–H groups in total. The van der Waals surface area contributed by atoms with Gasteiger partial charge in [0, 0.05) is 19.8 Å². The molecule has 0 amide bonds. The van der Waals surface area contributed by atoms with Crippen molar-refractivity contribution in [3.05, 3.63) is 0 Å². The summed E-state index contributed by atoms with van der Waals surface area (Å²) in [5.41, 5.74) is 6.12. The molecule has 14 heavy (non-hydrogen) atoms. The van der Waals surface area contributed by atoms with Crippen LogP contribution in [-0.2, 0) is 9.47 Å². The zero-order chi connectivity index (χ0) is 10.4. The van der Waals surface area contributed by atoms with Crippen LogP contribution in [0.15, 0.2) is 0 Å². The fourth-order valence-electron chi connectivity index (χ4n) is 1.88. The van der Waals surface area contributed by atoms with E-state index in [0.717, 1.165) is 32.5 Å². The summed E-state index contributed by atoms with van der Waals surface area (Å²) in [6, 6.07) is 0.285. The molecule has 1 saturated heterocycles. The summed E-state index contributed by atoms with van der Waals surface area (Å²) in [5, 5.41) is 0. The molecule has 0 saturated carbocycles. The Labute approximate surface area is 86.9 Å². The molecule has 0 aromatic heterocycles. The number of methoxy groups -OCH3 is 1. The minimum atomic E-state index is 0.285. The lowest BCUT2D eigenvalue weighted by Crippen LogP contribution is -2.36. The van der Waals surface area contributed by atoms with Crippen LogP contribution in [0.3, 0.4) is 0 Å². The summed E-state index contributed by atoms with van der Waals surface area (Å²) in [5.74, 6) is 0.563. The molecule has 1 rings (SSSR count). The summed E-state index contributed by atoms with van der Waals surface area (Å²) in [6.45, 7) is 3.85. The minimum Gasteiger partial charge on any atom is -0.382 e. The SMILES string of the molecule is COC(C)CCC(N)C1CCCOC1. The average molecular weight is 201 g/mol. The van der Waals surface area contributed by atoms with Crippen molar-refractivity contribution in [1.82, 2.24) is 0 Å². The number of nitrogens with two attached hydrogens (primary N) is 1. The smallest absolute Gasteiger partial charge is 0.0543 e. The predicted octanol–water partition coefficient (Wildman–Crippen LogP) is 1.56. The third-order valence-corrected chi connectivity index (χ3v) is 3.11. The van der Waals surface area contributed by atoms with E-state index < -0.39 is 0 Å². The van der Waals surface area contributed by atoms with Crippen LogP contribution in [0.4, 0.5) is 0 Å². The first-order valence-electron chi connectivity index (χ1n) is 5.60. The van der Waals surface area contributed by atoms with Crippen LogP contribution in [0, 0.1) is 5.92 Å². The van der Waals surface area contributed by atoms with Crippen molar-refractivity contribution in [3.8, 4) is 0 Å². The largest absolute Gasteiger partial charge is 0.382 e. The fourth-order valence-corrected chi connectivity index (χ4v) is 1.88. The lowest BCUT2D eigenvalue weighted by molar-refractivity contribution is 0.0397. The molecule has 3 atom stereocenters. The molecule has 3 heteroatoms. The van der Waals surface area contributed by atoms with Crippen LogP contribution in [-0.4, -0.2) is 32.5 Å². The molecule has 84 valence electrons. The second kappa shape index (κ2) is 6.38. The Balaban J connectivity index is 2.16. The highest BCUT2D eigenvalue weighted by Crippen LogP contribution is 2.19. The third kappa shape index (κ3) is 3.95. The second-order valence-electron chi connectivity index (χ2n) is 4.26. The zero-order valence-corrected chi connectivity index (χ0v) is 9.37. The van der Waals surface area contributed by atoms with Crippen LogP contribution >= 0.6 is 0 Å². The Hall–Kier alpha value is -0.120. The lowest BCUT2D eigenvalue weighted by atomic mass is 9.91. The van der Waals surface area contributed by atoms with Crippen LogP contribution in [0.25, 0.3) is 0 Å². The molecular formula is C11H23NO2. The highest BCUT2D eigenvalue weighted by molar-refractivity contribution is 4.75. The summed E-state index contributed by atoms with van der Waals surface area (Å²) in [7, 11) is 1.75. The van der Waals surface area contributed by atoms with E-state index in [1.165, 1.54) is 6.42 Å². The third-order valence-electron chi connectivity index (χ3n) is 3.11. The Kier molecular flexibility index (Phi) is 5.45. The molecule has 0 radical (unpaired) electrons. The summed E-state index contributed by atoms with van der Waals surface area (Å²) < 4.78 is 10.6. The Morgan fingerprint density at radius 1 is 1.50 bits per heavy atom. The monoisotopic (exact) mass is 201 g/mol. The van der Waals surface area contributed by atoms with Crippen molar-refractivity contribution in [1.29, 1.82) is 0 Å². The Morgan fingerprint density at radius 3 is 2.86 bits per heavy atom. The number of hydrogen-bond donors (Lipinski definition) is 1. The van der Waals surface area contributed by atoms with Gasteiger partial charge in [0.25, 0.3) is 0 Å². The maximum atomic E-state index is 6.12. The van der Waals surface area contributed by atoms with Crippen LogP contribution in [0.5, 0.6) is 0 Å². The van der Waals surface area contributed by atoms with Gasteiger partial charge in [0.1, 0.15) is 0 Å². The molecule has 3 unspecified atom stereocenters. The normalized spacial score (nSPS) is 27.2. The van der Waals surface area contributed by atoms with Gasteiger partial charge in [-0.05, 0) is 38.5 Å². The summed E-state index contributed by atoms with van der Waals surface area (Å²) >= 11 is 0. The van der Waals surface area contributed by atoms with Crippen molar-refractivity contribution in [2.45, 2.75) is 44.8 Å². The molecule has 1 heterocycles. The van der Waals surface area contributed by atoms with E-state index in [-0.39, 0.29) is 6.04 Å². The van der Waals surface area contributed by atoms with E-state index in [1.54, 1.807) is 7.11 Å². The van der Waals surface area contributed by atoms with Gasteiger partial charge in [-0.3, -0.25) is 0 Å². The molecular weight excluding hydrogens is 178 g/mol. The van der Waals surface area contributed by atoms with Gasteiger partial charge in [0.05, 0.1) is 12.7 Å². The summed E-state index contributed by atoms with van der Waals surface area (Å²) in [6.07, 6.45) is 4.81. The number of ether oxygens (including phenoxy) is 2. The fraction of sp³-hybridized carbons (Fsp3) is 1.00. The molecule has 1 aliphatic heterocycles. The van der Waals surface area contributed by atoms with E-state index in [9.17, 15) is 0 Å². The molecule has 0 bridgehead atoms. The van der Waals surface area contributed by atoms with Gasteiger partial charge in [-0.25, -0.2) is 0 Å². The van der Waals surface area contributed by atoms with E-state index in [1.807, 2.05) is 0 Å². The maximum absolute atomic E-state index is 6.12. The minimum absolute atomic E-state index is 0.285. The first kappa shape index (κ1) is 12.0. The molecule has 0 aromatic carbocycles. The lowest BCUT2D eigenvalue weighted by Gasteiger charge is -2.28. The van der Waals surface area contributed by atoms with Crippen molar-refractivity contribution in [2.75, 3.05) is 20.3 Å². The first-order chi connectivity index (χ1) is 6.74. The van der Waals surface area contributed by atoms with Gasteiger partial charge >= 0.3 is 0 Å². The van der Waals surface area contributed by atoms with Gasteiger partial charge in [0.2, 0.25) is 0 Å². The van der Waals surface area contributed by atoms with E-state index in [4.69, 9.17) is 15.2 Å². The van der Waals surface area contributed by atoms with E-state index in [2.05, 4.69) is 6.92 Å². The Bertz CT molecular complexity index is 146. The van der Waals surface area contributed by atoms with Gasteiger partial charge in [-0.1, -0.05) is 0 Å². The topological polar surface area (TPSA) is 44.5 Å². The Morgan fingerprint density at radius 2 is 2.29 bits per heavy atom. The number of hydrogen-bond acceptors (Lipinski definition) is 3. The molecule has 0 spiro atoms. The zero-order valence-electron chi connectivity index (χ0n) is 9.37. The van der Waals surface area contributed by atoms with Crippen molar-refractivity contribution < 1.29 is 9.47 Å². The van der Waals surface area contributed by atoms with Gasteiger partial charge < -0.3 is 15.2 Å². The van der Waals surface area contributed by atoms with Gasteiger partial charge in [-0.15, -0.1) is 0 Å². The van der Waals surface area contributed by atoms with E-state index in [0.29, 0.717) is 12.0 Å². The predicted molar refractivity (Wildman–Crippen MR) is 57.2 cm³/mol.